The SMILES string of the molecule is Cc1nc(N2CC3C4C3C42)ccc1Cn1cc(C(=O)N[C@@H]2CCc3c2ccnc3N)c(C(F)F)n1. The first-order valence-electron chi connectivity index (χ1n) is 12.0. The van der Waals surface area contributed by atoms with Gasteiger partial charge in [-0.25, -0.2) is 18.7 Å². The Morgan fingerprint density at radius 2 is 2.11 bits per heavy atom. The second kappa shape index (κ2) is 7.22. The Morgan fingerprint density at radius 3 is 2.83 bits per heavy atom. The highest BCUT2D eigenvalue weighted by molar-refractivity contribution is 5.95. The number of rotatable bonds is 6. The molecule has 3 aromatic heterocycles. The van der Waals surface area contributed by atoms with E-state index in [0.717, 1.165) is 52.5 Å². The summed E-state index contributed by atoms with van der Waals surface area (Å²) in [7, 11) is 0. The summed E-state index contributed by atoms with van der Waals surface area (Å²) < 4.78 is 29.0. The molecule has 1 amide bonds. The predicted molar refractivity (Wildman–Crippen MR) is 124 cm³/mol. The summed E-state index contributed by atoms with van der Waals surface area (Å²) in [6.07, 6.45) is 1.46. The van der Waals surface area contributed by atoms with Crippen molar-refractivity contribution in [2.75, 3.05) is 17.2 Å². The third kappa shape index (κ3) is 3.15. The molecule has 8 nitrogen and oxygen atoms in total. The van der Waals surface area contributed by atoms with Gasteiger partial charge in [-0.1, -0.05) is 6.07 Å². The van der Waals surface area contributed by atoms with Crippen LogP contribution in [0, 0.1) is 24.7 Å². The molecular weight excluding hydrogens is 452 g/mol. The summed E-state index contributed by atoms with van der Waals surface area (Å²) in [5, 5.41) is 6.94. The van der Waals surface area contributed by atoms with Crippen LogP contribution in [0.25, 0.3) is 0 Å². The van der Waals surface area contributed by atoms with Gasteiger partial charge in [0, 0.05) is 30.7 Å². The molecule has 8 rings (SSSR count). The number of nitrogen functional groups attached to an aromatic ring is 1. The molecule has 0 spiro atoms. The van der Waals surface area contributed by atoms with Gasteiger partial charge < -0.3 is 16.0 Å². The molecule has 3 atom stereocenters. The van der Waals surface area contributed by atoms with Gasteiger partial charge in [-0.15, -0.1) is 0 Å². The number of hydrogen-bond donors (Lipinski definition) is 2. The van der Waals surface area contributed by atoms with Crippen LogP contribution in [0.15, 0.2) is 30.6 Å². The smallest absolute Gasteiger partial charge is 0.282 e. The monoisotopic (exact) mass is 477 g/mol. The minimum atomic E-state index is -2.86. The van der Waals surface area contributed by atoms with Crippen molar-refractivity contribution in [3.63, 3.8) is 0 Å². The Hall–Kier alpha value is -3.56. The van der Waals surface area contributed by atoms with Crippen molar-refractivity contribution in [2.24, 2.45) is 17.8 Å². The largest absolute Gasteiger partial charge is 0.383 e. The van der Waals surface area contributed by atoms with Gasteiger partial charge in [-0.3, -0.25) is 9.48 Å². The van der Waals surface area contributed by atoms with Crippen LogP contribution in [0.5, 0.6) is 0 Å². The summed E-state index contributed by atoms with van der Waals surface area (Å²) in [5.74, 6) is 3.52. The molecule has 2 saturated heterocycles. The number of fused-ring (bicyclic) bond motifs is 2. The molecule has 5 heterocycles. The summed E-state index contributed by atoms with van der Waals surface area (Å²) in [5.41, 5.74) is 8.83. The zero-order valence-electron chi connectivity index (χ0n) is 19.2. The van der Waals surface area contributed by atoms with Crippen LogP contribution in [0.3, 0.4) is 0 Å². The van der Waals surface area contributed by atoms with Crippen LogP contribution in [0.1, 0.15) is 57.3 Å². The number of hydrogen-bond acceptors (Lipinski definition) is 6. The second-order valence-corrected chi connectivity index (χ2v) is 10.1. The van der Waals surface area contributed by atoms with Crippen molar-refractivity contribution in [2.45, 2.75) is 44.8 Å². The number of nitrogens with one attached hydrogen (secondary N) is 1. The second-order valence-electron chi connectivity index (χ2n) is 10.1. The van der Waals surface area contributed by atoms with Crippen LogP contribution < -0.4 is 16.0 Å². The summed E-state index contributed by atoms with van der Waals surface area (Å²) >= 11 is 0. The summed E-state index contributed by atoms with van der Waals surface area (Å²) in [4.78, 5) is 24.3. The molecular formula is C25H25F2N7O. The van der Waals surface area contributed by atoms with Gasteiger partial charge in [-0.2, -0.15) is 5.10 Å². The molecule has 4 fully saturated rings. The zero-order valence-corrected chi connectivity index (χ0v) is 19.2. The van der Waals surface area contributed by atoms with E-state index in [0.29, 0.717) is 24.7 Å². The quantitative estimate of drug-likeness (QED) is 0.566. The van der Waals surface area contributed by atoms with Crippen molar-refractivity contribution in [3.8, 4) is 0 Å². The highest BCUT2D eigenvalue weighted by Crippen LogP contribution is 2.75. The minimum absolute atomic E-state index is 0.113. The van der Waals surface area contributed by atoms with E-state index in [1.807, 2.05) is 25.1 Å². The van der Waals surface area contributed by atoms with Crippen LogP contribution >= 0.6 is 0 Å². The maximum Gasteiger partial charge on any atom is 0.282 e. The summed E-state index contributed by atoms with van der Waals surface area (Å²) in [6, 6.07) is 6.19. The Bertz CT molecular complexity index is 1360. The minimum Gasteiger partial charge on any atom is -0.383 e. The van der Waals surface area contributed by atoms with Crippen LogP contribution in [0.4, 0.5) is 20.4 Å². The third-order valence-electron chi connectivity index (χ3n) is 8.25. The number of nitrogens with zero attached hydrogens (tertiary/aromatic N) is 5. The van der Waals surface area contributed by atoms with E-state index in [-0.39, 0.29) is 18.2 Å². The topological polar surface area (TPSA) is 102 Å². The average molecular weight is 478 g/mol. The van der Waals surface area contributed by atoms with Crippen molar-refractivity contribution >= 4 is 17.5 Å². The lowest BCUT2D eigenvalue weighted by molar-refractivity contribution is 0.0922. The van der Waals surface area contributed by atoms with Crippen molar-refractivity contribution in [1.82, 2.24) is 25.1 Å². The zero-order chi connectivity index (χ0) is 24.0. The van der Waals surface area contributed by atoms with Crippen molar-refractivity contribution < 1.29 is 13.6 Å². The number of amides is 1. The molecule has 0 radical (unpaired) electrons. The maximum atomic E-state index is 13.8. The van der Waals surface area contributed by atoms with Gasteiger partial charge in [0.2, 0.25) is 0 Å². The lowest BCUT2D eigenvalue weighted by Gasteiger charge is -2.18. The normalized spacial score (nSPS) is 27.2. The van der Waals surface area contributed by atoms with Gasteiger partial charge in [0.05, 0.1) is 18.2 Å². The fourth-order valence-corrected chi connectivity index (χ4v) is 6.27. The van der Waals surface area contributed by atoms with E-state index >= 15 is 0 Å². The molecule has 180 valence electrons. The average Bonchev–Trinajstić information content (AvgIpc) is 3.38. The number of carbonyl (C=O) groups is 1. The lowest BCUT2D eigenvalue weighted by Crippen LogP contribution is -2.27. The fourth-order valence-electron chi connectivity index (χ4n) is 6.27. The Kier molecular flexibility index (Phi) is 4.29. The van der Waals surface area contributed by atoms with Gasteiger partial charge >= 0.3 is 0 Å². The number of aryl methyl sites for hydroxylation is 1. The highest BCUT2D eigenvalue weighted by atomic mass is 19.3. The lowest BCUT2D eigenvalue weighted by atomic mass is 10.1. The number of carbonyl (C=O) groups excluding carboxylic acids is 1. The van der Waals surface area contributed by atoms with E-state index in [1.165, 1.54) is 10.9 Å². The standard InChI is InChI=1S/C25H25F2N7O/c1-11-12(2-5-18(30-11)34-10-15-19-20(15)22(19)34)8-33-9-16(21(32-33)23(26)27)25(35)31-17-4-3-14-13(17)6-7-29-24(14)28/h2,5-7,9,15,17,19-20,22-23H,3-4,8,10H2,1H3,(H2,28,29)(H,31,35)/t15?,17-,19?,20?,22?/m1/s1. The first-order valence-corrected chi connectivity index (χ1v) is 12.0. The fraction of sp³-hybridized carbons (Fsp3) is 0.440. The van der Waals surface area contributed by atoms with E-state index in [1.54, 1.807) is 6.20 Å². The maximum absolute atomic E-state index is 13.8. The number of anilines is 2. The number of piperidine rings is 1. The highest BCUT2D eigenvalue weighted by Gasteiger charge is 2.80. The number of alkyl halides is 2. The molecule has 5 aliphatic rings. The Labute approximate surface area is 200 Å². The van der Waals surface area contributed by atoms with Crippen LogP contribution in [-0.2, 0) is 13.0 Å². The predicted octanol–water partition coefficient (Wildman–Crippen LogP) is 3.03. The van der Waals surface area contributed by atoms with E-state index in [9.17, 15) is 13.6 Å². The van der Waals surface area contributed by atoms with E-state index < -0.39 is 18.0 Å². The van der Waals surface area contributed by atoms with Crippen molar-refractivity contribution in [1.29, 1.82) is 0 Å². The molecule has 35 heavy (non-hydrogen) atoms. The molecule has 2 unspecified atom stereocenters. The van der Waals surface area contributed by atoms with Gasteiger partial charge in [0.25, 0.3) is 12.3 Å². The third-order valence-corrected chi connectivity index (χ3v) is 8.25. The molecule has 2 saturated carbocycles. The van der Waals surface area contributed by atoms with Crippen LogP contribution in [-0.4, -0.2) is 38.2 Å². The van der Waals surface area contributed by atoms with Gasteiger partial charge in [-0.05, 0) is 66.3 Å². The first-order chi connectivity index (χ1) is 16.9. The van der Waals surface area contributed by atoms with E-state index in [4.69, 9.17) is 10.7 Å². The number of pyridine rings is 2. The molecule has 3 aromatic rings. The number of nitrogens with two attached hydrogens (primary N) is 1. The molecule has 10 heteroatoms. The number of aromatic nitrogens is 4. The molecule has 0 aromatic carbocycles. The first kappa shape index (κ1) is 20.8. The van der Waals surface area contributed by atoms with Crippen molar-refractivity contribution in [3.05, 3.63) is 64.2 Å². The van der Waals surface area contributed by atoms with E-state index in [2.05, 4.69) is 20.3 Å². The molecule has 3 aliphatic carbocycles. The van der Waals surface area contributed by atoms with Gasteiger partial charge in [0.15, 0.2) is 0 Å². The molecule has 3 N–H and O–H groups in total. The Morgan fingerprint density at radius 1 is 1.29 bits per heavy atom. The number of halogens is 2. The summed E-state index contributed by atoms with van der Waals surface area (Å²) in [6.45, 7) is 3.28. The van der Waals surface area contributed by atoms with Crippen LogP contribution in [0.2, 0.25) is 0 Å². The Balaban J connectivity index is 1.10. The molecule has 2 aliphatic heterocycles. The molecule has 2 bridgehead atoms. The van der Waals surface area contributed by atoms with Gasteiger partial charge in [0.1, 0.15) is 17.3 Å².